The number of carbonyl (C=O) groups is 1. The van der Waals surface area contributed by atoms with Gasteiger partial charge in [0.1, 0.15) is 22.8 Å². The number of unbranched alkanes of at least 4 members (excludes halogenated alkanes) is 3. The molecule has 4 heteroatoms. The van der Waals surface area contributed by atoms with Gasteiger partial charge in [-0.05, 0) is 49.2 Å². The number of rotatable bonds is 8. The molecular weight excluding hydrogens is 340 g/mol. The van der Waals surface area contributed by atoms with Gasteiger partial charge in [0.25, 0.3) is 0 Å². The van der Waals surface area contributed by atoms with Crippen LogP contribution < -0.4 is 4.74 Å². The molecule has 0 aliphatic rings. The largest absolute Gasteiger partial charge is 0.507 e. The van der Waals surface area contributed by atoms with E-state index in [9.17, 15) is 9.90 Å². The van der Waals surface area contributed by atoms with Crippen molar-refractivity contribution in [1.29, 1.82) is 0 Å². The van der Waals surface area contributed by atoms with Crippen LogP contribution in [0.25, 0.3) is 22.3 Å². The number of Topliss-reactive ketones (excluding diaryl/α,β-unsaturated/α-hetero) is 1. The van der Waals surface area contributed by atoms with Crippen molar-refractivity contribution < 1.29 is 19.1 Å². The molecule has 0 radical (unpaired) electrons. The fourth-order valence-electron chi connectivity index (χ4n) is 3.40. The highest BCUT2D eigenvalue weighted by Crippen LogP contribution is 2.37. The van der Waals surface area contributed by atoms with E-state index in [-0.39, 0.29) is 11.5 Å². The minimum atomic E-state index is 0.110. The van der Waals surface area contributed by atoms with Gasteiger partial charge in [0.2, 0.25) is 0 Å². The van der Waals surface area contributed by atoms with E-state index in [0.717, 1.165) is 42.2 Å². The lowest BCUT2D eigenvalue weighted by Gasteiger charge is -2.06. The molecule has 142 valence electrons. The maximum atomic E-state index is 12.8. The Hall–Kier alpha value is -2.75. The highest BCUT2D eigenvalue weighted by atomic mass is 16.5. The summed E-state index contributed by atoms with van der Waals surface area (Å²) >= 11 is 0. The smallest absolute Gasteiger partial charge is 0.163 e. The third kappa shape index (κ3) is 4.00. The van der Waals surface area contributed by atoms with E-state index in [4.69, 9.17) is 9.15 Å². The van der Waals surface area contributed by atoms with Crippen LogP contribution in [-0.4, -0.2) is 18.0 Å². The number of hydrogen-bond acceptors (Lipinski definition) is 4. The molecule has 0 spiro atoms. The van der Waals surface area contributed by atoms with E-state index in [0.29, 0.717) is 29.1 Å². The highest BCUT2D eigenvalue weighted by Gasteiger charge is 2.18. The van der Waals surface area contributed by atoms with Gasteiger partial charge in [-0.1, -0.05) is 32.3 Å². The van der Waals surface area contributed by atoms with Crippen molar-refractivity contribution >= 4 is 16.8 Å². The topological polar surface area (TPSA) is 59.7 Å². The molecule has 1 N–H and O–H groups in total. The third-order valence-electron chi connectivity index (χ3n) is 4.91. The van der Waals surface area contributed by atoms with E-state index in [2.05, 4.69) is 6.92 Å². The summed E-state index contributed by atoms with van der Waals surface area (Å²) in [5.41, 5.74) is 2.87. The van der Waals surface area contributed by atoms with E-state index in [1.54, 1.807) is 25.3 Å². The molecule has 0 bridgehead atoms. The van der Waals surface area contributed by atoms with E-state index in [1.807, 2.05) is 25.1 Å². The lowest BCUT2D eigenvalue weighted by molar-refractivity contribution is 0.0980. The standard InChI is InChI=1S/C23H26O4/c1-4-5-6-7-8-20(25)23-15(2)9-12-21-18(23)14-22(27-21)17-13-16(26-3)10-11-19(17)24/h9-14,24H,4-8H2,1-3H3. The normalized spacial score (nSPS) is 11.1. The van der Waals surface area contributed by atoms with Crippen molar-refractivity contribution in [2.75, 3.05) is 7.11 Å². The SMILES string of the molecule is CCCCCCC(=O)c1c(C)ccc2oc(-c3cc(OC)ccc3O)cc12. The van der Waals surface area contributed by atoms with Crippen molar-refractivity contribution in [1.82, 2.24) is 0 Å². The number of aryl methyl sites for hydroxylation is 1. The average Bonchev–Trinajstić information content (AvgIpc) is 3.09. The third-order valence-corrected chi connectivity index (χ3v) is 4.91. The van der Waals surface area contributed by atoms with Crippen LogP contribution in [0.1, 0.15) is 54.9 Å². The van der Waals surface area contributed by atoms with Crippen molar-refractivity contribution in [2.24, 2.45) is 0 Å². The van der Waals surface area contributed by atoms with E-state index >= 15 is 0 Å². The van der Waals surface area contributed by atoms with E-state index < -0.39 is 0 Å². The Bertz CT molecular complexity index is 952. The van der Waals surface area contributed by atoms with Crippen LogP contribution in [0.2, 0.25) is 0 Å². The number of methoxy groups -OCH3 is 1. The number of hydrogen-bond donors (Lipinski definition) is 1. The van der Waals surface area contributed by atoms with Crippen LogP contribution in [0, 0.1) is 6.92 Å². The van der Waals surface area contributed by atoms with Crippen LogP contribution >= 0.6 is 0 Å². The molecule has 0 saturated carbocycles. The van der Waals surface area contributed by atoms with Crippen molar-refractivity contribution in [3.63, 3.8) is 0 Å². The van der Waals surface area contributed by atoms with Crippen LogP contribution in [0.4, 0.5) is 0 Å². The Balaban J connectivity index is 1.99. The summed E-state index contributed by atoms with van der Waals surface area (Å²) in [5.74, 6) is 1.41. The van der Waals surface area contributed by atoms with Gasteiger partial charge < -0.3 is 14.3 Å². The number of ketones is 1. The minimum Gasteiger partial charge on any atom is -0.507 e. The number of phenolic OH excluding ortho intramolecular Hbond substituents is 1. The fourth-order valence-corrected chi connectivity index (χ4v) is 3.40. The number of furan rings is 1. The van der Waals surface area contributed by atoms with Crippen molar-refractivity contribution in [3.05, 3.63) is 47.5 Å². The molecule has 0 atom stereocenters. The van der Waals surface area contributed by atoms with Gasteiger partial charge in [0, 0.05) is 17.4 Å². The lowest BCUT2D eigenvalue weighted by atomic mass is 9.96. The number of ether oxygens (including phenoxy) is 1. The first-order valence-electron chi connectivity index (χ1n) is 9.49. The van der Waals surface area contributed by atoms with Gasteiger partial charge in [-0.25, -0.2) is 0 Å². The fraction of sp³-hybridized carbons (Fsp3) is 0.348. The number of phenols is 1. The van der Waals surface area contributed by atoms with E-state index in [1.165, 1.54) is 0 Å². The quantitative estimate of drug-likeness (QED) is 0.377. The summed E-state index contributed by atoms with van der Waals surface area (Å²) in [6.07, 6.45) is 4.83. The molecule has 0 amide bonds. The second-order valence-electron chi connectivity index (χ2n) is 6.90. The summed E-state index contributed by atoms with van der Waals surface area (Å²) in [7, 11) is 1.58. The summed E-state index contributed by atoms with van der Waals surface area (Å²) in [6, 6.07) is 10.6. The maximum Gasteiger partial charge on any atom is 0.163 e. The molecule has 0 unspecified atom stereocenters. The average molecular weight is 366 g/mol. The highest BCUT2D eigenvalue weighted by molar-refractivity contribution is 6.09. The van der Waals surface area contributed by atoms with Gasteiger partial charge >= 0.3 is 0 Å². The summed E-state index contributed by atoms with van der Waals surface area (Å²) in [5, 5.41) is 11.0. The molecule has 0 fully saturated rings. The Labute approximate surface area is 159 Å². The summed E-state index contributed by atoms with van der Waals surface area (Å²) in [4.78, 5) is 12.8. The first kappa shape index (κ1) is 19.0. The second-order valence-corrected chi connectivity index (χ2v) is 6.90. The zero-order chi connectivity index (χ0) is 19.4. The van der Waals surface area contributed by atoms with Crippen LogP contribution in [0.15, 0.2) is 40.8 Å². The lowest BCUT2D eigenvalue weighted by Crippen LogP contribution is -2.02. The van der Waals surface area contributed by atoms with Crippen molar-refractivity contribution in [3.8, 4) is 22.8 Å². The summed E-state index contributed by atoms with van der Waals surface area (Å²) < 4.78 is 11.2. The van der Waals surface area contributed by atoms with Crippen LogP contribution in [0.5, 0.6) is 11.5 Å². The Morgan fingerprint density at radius 3 is 2.67 bits per heavy atom. The molecule has 1 aromatic heterocycles. The zero-order valence-electron chi connectivity index (χ0n) is 16.2. The van der Waals surface area contributed by atoms with Crippen LogP contribution in [0.3, 0.4) is 0 Å². The molecule has 0 aliphatic heterocycles. The van der Waals surface area contributed by atoms with Gasteiger partial charge in [0.15, 0.2) is 5.78 Å². The molecule has 3 rings (SSSR count). The maximum absolute atomic E-state index is 12.8. The second kappa shape index (κ2) is 8.30. The Morgan fingerprint density at radius 1 is 1.11 bits per heavy atom. The monoisotopic (exact) mass is 366 g/mol. The number of aromatic hydroxyl groups is 1. The van der Waals surface area contributed by atoms with Gasteiger partial charge in [-0.2, -0.15) is 0 Å². The zero-order valence-corrected chi connectivity index (χ0v) is 16.2. The first-order chi connectivity index (χ1) is 13.0. The number of benzene rings is 2. The van der Waals surface area contributed by atoms with Crippen LogP contribution in [-0.2, 0) is 0 Å². The molecule has 4 nitrogen and oxygen atoms in total. The molecule has 27 heavy (non-hydrogen) atoms. The van der Waals surface area contributed by atoms with Crippen molar-refractivity contribution in [2.45, 2.75) is 46.0 Å². The van der Waals surface area contributed by atoms with Gasteiger partial charge in [0.05, 0.1) is 12.7 Å². The predicted molar refractivity (Wildman–Crippen MR) is 108 cm³/mol. The molecule has 0 aliphatic carbocycles. The molecular formula is C23H26O4. The number of carbonyl (C=O) groups excluding carboxylic acids is 1. The Morgan fingerprint density at radius 2 is 1.93 bits per heavy atom. The van der Waals surface area contributed by atoms with Gasteiger partial charge in [-0.15, -0.1) is 0 Å². The minimum absolute atomic E-state index is 0.110. The summed E-state index contributed by atoms with van der Waals surface area (Å²) in [6.45, 7) is 4.11. The molecule has 0 saturated heterocycles. The number of fused-ring (bicyclic) bond motifs is 1. The first-order valence-corrected chi connectivity index (χ1v) is 9.49. The van der Waals surface area contributed by atoms with Gasteiger partial charge in [-0.3, -0.25) is 4.79 Å². The Kier molecular flexibility index (Phi) is 5.84. The molecule has 1 heterocycles. The molecule has 3 aromatic rings. The predicted octanol–water partition coefficient (Wildman–Crippen LogP) is 6.28. The molecule has 2 aromatic carbocycles.